The third kappa shape index (κ3) is 3.55. The van der Waals surface area contributed by atoms with E-state index in [0.29, 0.717) is 11.5 Å². The summed E-state index contributed by atoms with van der Waals surface area (Å²) in [6.07, 6.45) is 1.56. The molecule has 1 N–H and O–H groups in total. The van der Waals surface area contributed by atoms with Crippen molar-refractivity contribution in [3.8, 4) is 5.75 Å². The summed E-state index contributed by atoms with van der Waals surface area (Å²) >= 11 is 0. The van der Waals surface area contributed by atoms with Gasteiger partial charge < -0.3 is 15.0 Å². The first kappa shape index (κ1) is 16.4. The van der Waals surface area contributed by atoms with Crippen molar-refractivity contribution < 1.29 is 19.2 Å². The lowest BCUT2D eigenvalue weighted by molar-refractivity contribution is -0.384. The SMILES string of the molecule is Cc1cccnc1NC(=O)CN1CC(=O)Oc2cc([N+](=O)[O-])ccc21. The van der Waals surface area contributed by atoms with Gasteiger partial charge in [0.05, 0.1) is 23.2 Å². The van der Waals surface area contributed by atoms with Crippen LogP contribution in [0.4, 0.5) is 17.2 Å². The van der Waals surface area contributed by atoms with Crippen LogP contribution in [0.2, 0.25) is 0 Å². The lowest BCUT2D eigenvalue weighted by Crippen LogP contribution is -2.41. The van der Waals surface area contributed by atoms with Gasteiger partial charge in [-0.2, -0.15) is 0 Å². The topological polar surface area (TPSA) is 115 Å². The minimum Gasteiger partial charge on any atom is -0.423 e. The Balaban J connectivity index is 1.79. The summed E-state index contributed by atoms with van der Waals surface area (Å²) in [6.45, 7) is 1.57. The number of nitrogens with one attached hydrogen (secondary N) is 1. The Kier molecular flexibility index (Phi) is 4.29. The van der Waals surface area contributed by atoms with Gasteiger partial charge in [0.25, 0.3) is 5.69 Å². The van der Waals surface area contributed by atoms with Crippen molar-refractivity contribution in [3.63, 3.8) is 0 Å². The fourth-order valence-electron chi connectivity index (χ4n) is 2.46. The van der Waals surface area contributed by atoms with Gasteiger partial charge in [0.1, 0.15) is 12.4 Å². The van der Waals surface area contributed by atoms with E-state index in [0.717, 1.165) is 5.56 Å². The molecule has 3 rings (SSSR count). The Morgan fingerprint density at radius 1 is 1.44 bits per heavy atom. The van der Waals surface area contributed by atoms with Gasteiger partial charge in [-0.25, -0.2) is 9.78 Å². The van der Waals surface area contributed by atoms with E-state index in [2.05, 4.69) is 10.3 Å². The van der Waals surface area contributed by atoms with Crippen LogP contribution in [0.15, 0.2) is 36.5 Å². The van der Waals surface area contributed by atoms with Crippen molar-refractivity contribution in [2.75, 3.05) is 23.3 Å². The number of aryl methyl sites for hydroxylation is 1. The normalized spacial score (nSPS) is 13.0. The van der Waals surface area contributed by atoms with Crippen LogP contribution in [0, 0.1) is 17.0 Å². The number of nitro groups is 1. The molecule has 2 aromatic rings. The van der Waals surface area contributed by atoms with Crippen LogP contribution >= 0.6 is 0 Å². The number of benzene rings is 1. The highest BCUT2D eigenvalue weighted by atomic mass is 16.6. The molecule has 1 aromatic heterocycles. The molecule has 0 bridgehead atoms. The average molecular weight is 342 g/mol. The molecule has 1 amide bonds. The fraction of sp³-hybridized carbons (Fsp3) is 0.188. The van der Waals surface area contributed by atoms with Crippen LogP contribution in [0.5, 0.6) is 5.75 Å². The molecule has 2 heterocycles. The molecule has 0 radical (unpaired) electrons. The summed E-state index contributed by atoms with van der Waals surface area (Å²) in [6, 6.07) is 7.50. The number of nitrogens with zero attached hydrogens (tertiary/aromatic N) is 3. The van der Waals surface area contributed by atoms with E-state index >= 15 is 0 Å². The number of esters is 1. The Morgan fingerprint density at radius 3 is 2.96 bits per heavy atom. The largest absolute Gasteiger partial charge is 0.423 e. The quantitative estimate of drug-likeness (QED) is 0.389. The van der Waals surface area contributed by atoms with E-state index in [1.807, 2.05) is 13.0 Å². The molecule has 1 aliphatic heterocycles. The van der Waals surface area contributed by atoms with E-state index in [1.165, 1.54) is 23.1 Å². The molecule has 128 valence electrons. The van der Waals surface area contributed by atoms with E-state index in [-0.39, 0.29) is 30.4 Å². The predicted molar refractivity (Wildman–Crippen MR) is 88.5 cm³/mol. The molecule has 0 spiro atoms. The fourth-order valence-corrected chi connectivity index (χ4v) is 2.46. The molecular formula is C16H14N4O5. The molecular weight excluding hydrogens is 328 g/mol. The molecule has 9 nitrogen and oxygen atoms in total. The monoisotopic (exact) mass is 342 g/mol. The number of rotatable bonds is 4. The number of hydrogen-bond acceptors (Lipinski definition) is 7. The van der Waals surface area contributed by atoms with Crippen LogP contribution < -0.4 is 15.0 Å². The van der Waals surface area contributed by atoms with Crippen LogP contribution in [-0.2, 0) is 9.59 Å². The summed E-state index contributed by atoms with van der Waals surface area (Å²) in [5, 5.41) is 13.5. The number of pyridine rings is 1. The predicted octanol–water partition coefficient (Wildman–Crippen LogP) is 1.66. The van der Waals surface area contributed by atoms with E-state index in [4.69, 9.17) is 4.74 Å². The Morgan fingerprint density at radius 2 is 2.24 bits per heavy atom. The van der Waals surface area contributed by atoms with Gasteiger partial charge in [-0.1, -0.05) is 6.07 Å². The molecule has 0 atom stereocenters. The van der Waals surface area contributed by atoms with Crippen molar-refractivity contribution in [3.05, 3.63) is 52.2 Å². The van der Waals surface area contributed by atoms with Gasteiger partial charge in [0.15, 0.2) is 5.75 Å². The number of non-ortho nitro benzene ring substituents is 1. The van der Waals surface area contributed by atoms with Crippen LogP contribution in [0.3, 0.4) is 0 Å². The smallest absolute Gasteiger partial charge is 0.331 e. The molecule has 25 heavy (non-hydrogen) atoms. The number of carbonyl (C=O) groups is 2. The van der Waals surface area contributed by atoms with Crippen molar-refractivity contribution in [2.45, 2.75) is 6.92 Å². The zero-order valence-corrected chi connectivity index (χ0v) is 13.3. The highest BCUT2D eigenvalue weighted by molar-refractivity contribution is 5.96. The van der Waals surface area contributed by atoms with Crippen molar-refractivity contribution in [1.29, 1.82) is 0 Å². The Hall–Kier alpha value is -3.49. The van der Waals surface area contributed by atoms with Gasteiger partial charge >= 0.3 is 5.97 Å². The minimum atomic E-state index is -0.588. The second-order valence-electron chi connectivity index (χ2n) is 5.46. The molecule has 0 fully saturated rings. The maximum absolute atomic E-state index is 12.3. The number of ether oxygens (including phenoxy) is 1. The third-order valence-corrected chi connectivity index (χ3v) is 3.64. The number of amides is 1. The Bertz CT molecular complexity index is 867. The first-order valence-electron chi connectivity index (χ1n) is 7.39. The summed E-state index contributed by atoms with van der Waals surface area (Å²) in [7, 11) is 0. The zero-order chi connectivity index (χ0) is 18.0. The molecule has 1 aromatic carbocycles. The van der Waals surface area contributed by atoms with Crippen LogP contribution in [-0.4, -0.2) is 34.9 Å². The third-order valence-electron chi connectivity index (χ3n) is 3.64. The van der Waals surface area contributed by atoms with Gasteiger partial charge in [-0.05, 0) is 24.6 Å². The van der Waals surface area contributed by atoms with Gasteiger partial charge in [0, 0.05) is 12.3 Å². The number of fused-ring (bicyclic) bond motifs is 1. The maximum atomic E-state index is 12.3. The molecule has 0 saturated heterocycles. The lowest BCUT2D eigenvalue weighted by atomic mass is 10.2. The molecule has 0 aliphatic carbocycles. The van der Waals surface area contributed by atoms with E-state index in [9.17, 15) is 19.7 Å². The van der Waals surface area contributed by atoms with Crippen LogP contribution in [0.1, 0.15) is 5.56 Å². The number of aromatic nitrogens is 1. The standard InChI is InChI=1S/C16H14N4O5/c1-10-3-2-6-17-16(10)18-14(21)8-19-9-15(22)25-13-7-11(20(23)24)4-5-12(13)19/h2-7H,8-9H2,1H3,(H,17,18,21). The van der Waals surface area contributed by atoms with Gasteiger partial charge in [0.2, 0.25) is 5.91 Å². The molecule has 1 aliphatic rings. The summed E-state index contributed by atoms with van der Waals surface area (Å²) in [5.41, 5.74) is 1.06. The number of anilines is 2. The number of carbonyl (C=O) groups excluding carboxylic acids is 2. The zero-order valence-electron chi connectivity index (χ0n) is 13.3. The summed E-state index contributed by atoms with van der Waals surface area (Å²) in [5.74, 6) is -0.445. The molecule has 0 saturated carbocycles. The number of nitro benzene ring substituents is 1. The lowest BCUT2D eigenvalue weighted by Gasteiger charge is -2.28. The Labute approximate surface area is 142 Å². The van der Waals surface area contributed by atoms with Crippen LogP contribution in [0.25, 0.3) is 0 Å². The first-order chi connectivity index (χ1) is 11.9. The summed E-state index contributed by atoms with van der Waals surface area (Å²) in [4.78, 5) is 39.9. The van der Waals surface area contributed by atoms with Gasteiger partial charge in [-0.3, -0.25) is 14.9 Å². The first-order valence-corrected chi connectivity index (χ1v) is 7.39. The maximum Gasteiger partial charge on any atom is 0.331 e. The van der Waals surface area contributed by atoms with Crippen molar-refractivity contribution in [2.24, 2.45) is 0 Å². The second-order valence-corrected chi connectivity index (χ2v) is 5.46. The highest BCUT2D eigenvalue weighted by Gasteiger charge is 2.27. The van der Waals surface area contributed by atoms with E-state index in [1.54, 1.807) is 12.3 Å². The second kappa shape index (κ2) is 6.56. The van der Waals surface area contributed by atoms with E-state index < -0.39 is 10.9 Å². The number of hydrogen-bond donors (Lipinski definition) is 1. The summed E-state index contributed by atoms with van der Waals surface area (Å²) < 4.78 is 5.04. The highest BCUT2D eigenvalue weighted by Crippen LogP contribution is 2.35. The molecule has 0 unspecified atom stereocenters. The average Bonchev–Trinajstić information content (AvgIpc) is 2.56. The van der Waals surface area contributed by atoms with Crippen molar-refractivity contribution >= 4 is 29.1 Å². The molecule has 9 heteroatoms. The van der Waals surface area contributed by atoms with Gasteiger partial charge in [-0.15, -0.1) is 0 Å². The van der Waals surface area contributed by atoms with Crippen molar-refractivity contribution in [1.82, 2.24) is 4.98 Å². The minimum absolute atomic E-state index is 0.0623.